The predicted molar refractivity (Wildman–Crippen MR) is 86.5 cm³/mol. The van der Waals surface area contributed by atoms with Crippen molar-refractivity contribution in [2.45, 2.75) is 13.1 Å². The van der Waals surface area contributed by atoms with Gasteiger partial charge in [-0.2, -0.15) is 0 Å². The summed E-state index contributed by atoms with van der Waals surface area (Å²) in [7, 11) is -2.07. The maximum absolute atomic E-state index is 6.20. The molecule has 0 amide bonds. The van der Waals surface area contributed by atoms with Gasteiger partial charge in [0.1, 0.15) is 5.75 Å². The average Bonchev–Trinajstić information content (AvgIpc) is 2.47. The van der Waals surface area contributed by atoms with Crippen molar-refractivity contribution in [1.82, 2.24) is 0 Å². The van der Waals surface area contributed by atoms with E-state index in [2.05, 4.69) is 31.0 Å². The lowest BCUT2D eigenvalue weighted by Gasteiger charge is -2.25. The summed E-state index contributed by atoms with van der Waals surface area (Å²) < 4.78 is 6.20. The number of benzene rings is 2. The summed E-state index contributed by atoms with van der Waals surface area (Å²) in [5.74, 6) is 6.09. The third kappa shape index (κ3) is 3.12. The van der Waals surface area contributed by atoms with Gasteiger partial charge in [-0.3, -0.25) is 0 Å². The van der Waals surface area contributed by atoms with Crippen LogP contribution in [0.5, 0.6) is 5.75 Å². The van der Waals surface area contributed by atoms with Gasteiger partial charge >= 0.3 is 0 Å². The molecule has 0 bridgehead atoms. The van der Waals surface area contributed by atoms with Crippen molar-refractivity contribution in [3.63, 3.8) is 0 Å². The van der Waals surface area contributed by atoms with Crippen molar-refractivity contribution < 1.29 is 4.43 Å². The van der Waals surface area contributed by atoms with Crippen LogP contribution in [-0.2, 0) is 0 Å². The molecule has 0 saturated carbocycles. The largest absolute Gasteiger partial charge is 0.540 e. The van der Waals surface area contributed by atoms with Crippen molar-refractivity contribution in [2.75, 3.05) is 0 Å². The van der Waals surface area contributed by atoms with Crippen LogP contribution in [-0.4, -0.2) is 8.32 Å². The molecule has 1 nitrogen and oxygen atoms in total. The highest BCUT2D eigenvalue weighted by molar-refractivity contribution is 6.85. The summed E-state index contributed by atoms with van der Waals surface area (Å²) >= 11 is 0. The Morgan fingerprint density at radius 1 is 0.900 bits per heavy atom. The van der Waals surface area contributed by atoms with Crippen LogP contribution in [0.25, 0.3) is 0 Å². The Bertz CT molecular complexity index is 702. The van der Waals surface area contributed by atoms with Gasteiger partial charge in [0.05, 0.1) is 0 Å². The van der Waals surface area contributed by atoms with E-state index in [4.69, 9.17) is 17.3 Å². The van der Waals surface area contributed by atoms with E-state index in [0.717, 1.165) is 16.9 Å². The molecular weight excluding hydrogens is 260 g/mol. The lowest BCUT2D eigenvalue weighted by atomic mass is 10.2. The van der Waals surface area contributed by atoms with Crippen molar-refractivity contribution in [3.05, 3.63) is 59.7 Å². The maximum Gasteiger partial charge on any atom is 0.276 e. The van der Waals surface area contributed by atoms with Crippen LogP contribution < -0.4 is 9.61 Å². The zero-order valence-electron chi connectivity index (χ0n) is 11.7. The molecule has 20 heavy (non-hydrogen) atoms. The minimum atomic E-state index is -2.07. The van der Waals surface area contributed by atoms with Gasteiger partial charge in [0, 0.05) is 11.1 Å². The fourth-order valence-corrected chi connectivity index (χ4v) is 3.82. The summed E-state index contributed by atoms with van der Waals surface area (Å²) in [6.45, 7) is 4.29. The van der Waals surface area contributed by atoms with Crippen LogP contribution in [0.1, 0.15) is 11.1 Å². The van der Waals surface area contributed by atoms with E-state index in [9.17, 15) is 0 Å². The second kappa shape index (κ2) is 5.69. The van der Waals surface area contributed by atoms with Crippen LogP contribution in [0.4, 0.5) is 0 Å². The lowest BCUT2D eigenvalue weighted by Crippen LogP contribution is -2.47. The first kappa shape index (κ1) is 14.0. The Kier molecular flexibility index (Phi) is 3.98. The number of hydrogen-bond donors (Lipinski definition) is 0. The maximum atomic E-state index is 6.20. The van der Waals surface area contributed by atoms with Crippen molar-refractivity contribution in [3.8, 4) is 30.4 Å². The second-order valence-electron chi connectivity index (χ2n) is 5.01. The summed E-state index contributed by atoms with van der Waals surface area (Å²) in [5, 5.41) is 1.17. The van der Waals surface area contributed by atoms with E-state index >= 15 is 0 Å². The molecule has 0 aliphatic rings. The highest BCUT2D eigenvalue weighted by Gasteiger charge is 2.27. The third-order valence-electron chi connectivity index (χ3n) is 3.10. The Morgan fingerprint density at radius 2 is 1.50 bits per heavy atom. The van der Waals surface area contributed by atoms with Gasteiger partial charge in [-0.1, -0.05) is 30.0 Å². The van der Waals surface area contributed by atoms with Crippen LogP contribution in [0.2, 0.25) is 13.1 Å². The van der Waals surface area contributed by atoms with Gasteiger partial charge in [0.2, 0.25) is 0 Å². The van der Waals surface area contributed by atoms with Gasteiger partial charge in [-0.15, -0.1) is 12.8 Å². The molecule has 2 aromatic carbocycles. The van der Waals surface area contributed by atoms with E-state index < -0.39 is 8.32 Å². The molecule has 0 spiro atoms. The Morgan fingerprint density at radius 3 is 2.15 bits per heavy atom. The summed E-state index contributed by atoms with van der Waals surface area (Å²) in [4.78, 5) is 0. The molecule has 2 rings (SSSR count). The van der Waals surface area contributed by atoms with Gasteiger partial charge in [-0.05, 0) is 48.6 Å². The van der Waals surface area contributed by atoms with Gasteiger partial charge in [-0.25, -0.2) is 0 Å². The van der Waals surface area contributed by atoms with E-state index in [1.54, 1.807) is 0 Å². The zero-order chi connectivity index (χ0) is 14.6. The quantitative estimate of drug-likeness (QED) is 0.618. The minimum absolute atomic E-state index is 0.809. The molecule has 0 fully saturated rings. The molecule has 0 atom stereocenters. The fourth-order valence-electron chi connectivity index (χ4n) is 1.99. The summed E-state index contributed by atoms with van der Waals surface area (Å²) in [6, 6.07) is 15.6. The lowest BCUT2D eigenvalue weighted by molar-refractivity contribution is 0.564. The third-order valence-corrected chi connectivity index (χ3v) is 5.55. The summed E-state index contributed by atoms with van der Waals surface area (Å²) in [6.07, 6.45) is 10.9. The fraction of sp³-hybridized carbons (Fsp3) is 0.111. The second-order valence-corrected chi connectivity index (χ2v) is 8.81. The molecule has 0 heterocycles. The molecule has 2 aromatic rings. The number of rotatable bonds is 3. The van der Waals surface area contributed by atoms with Crippen LogP contribution in [0.15, 0.2) is 48.5 Å². The first-order chi connectivity index (χ1) is 9.55. The van der Waals surface area contributed by atoms with Crippen LogP contribution in [0.3, 0.4) is 0 Å². The Labute approximate surface area is 121 Å². The van der Waals surface area contributed by atoms with Crippen molar-refractivity contribution in [1.29, 1.82) is 0 Å². The van der Waals surface area contributed by atoms with Crippen LogP contribution in [0, 0.1) is 24.7 Å². The monoisotopic (exact) mass is 276 g/mol. The molecular formula is C18H16OSi. The van der Waals surface area contributed by atoms with Crippen molar-refractivity contribution in [2.24, 2.45) is 0 Å². The first-order valence-corrected chi connectivity index (χ1v) is 9.29. The molecule has 0 aromatic heterocycles. The standard InChI is InChI=1S/C18H16OSi/c1-5-15-9-7-11-17(13-15)19-20(3,4)18-12-8-10-16(6-2)14-18/h1-2,7-14H,3-4H3. The SMILES string of the molecule is C#Cc1cccc(O[Si](C)(C)c2cccc(C#C)c2)c1. The molecule has 98 valence electrons. The van der Waals surface area contributed by atoms with E-state index in [-0.39, 0.29) is 0 Å². The van der Waals surface area contributed by atoms with E-state index in [0.29, 0.717) is 0 Å². The number of terminal acetylenes is 2. The highest BCUT2D eigenvalue weighted by atomic mass is 28.4. The topological polar surface area (TPSA) is 9.23 Å². The Hall–Kier alpha value is -2.42. The molecule has 0 aliphatic heterocycles. The van der Waals surface area contributed by atoms with E-state index in [1.165, 1.54) is 5.19 Å². The highest BCUT2D eigenvalue weighted by Crippen LogP contribution is 2.18. The smallest absolute Gasteiger partial charge is 0.276 e. The predicted octanol–water partition coefficient (Wildman–Crippen LogP) is 3.14. The van der Waals surface area contributed by atoms with Gasteiger partial charge in [0.15, 0.2) is 0 Å². The summed E-state index contributed by atoms with van der Waals surface area (Å²) in [5.41, 5.74) is 1.70. The molecule has 0 N–H and O–H groups in total. The first-order valence-electron chi connectivity index (χ1n) is 6.38. The number of hydrogen-bond acceptors (Lipinski definition) is 1. The van der Waals surface area contributed by atoms with E-state index in [1.807, 2.05) is 42.5 Å². The van der Waals surface area contributed by atoms with Crippen molar-refractivity contribution >= 4 is 13.5 Å². The molecule has 0 radical (unpaired) electrons. The Balaban J connectivity index is 2.30. The van der Waals surface area contributed by atoms with Gasteiger partial charge in [0.25, 0.3) is 8.32 Å². The molecule has 0 aliphatic carbocycles. The van der Waals surface area contributed by atoms with Crippen LogP contribution >= 0.6 is 0 Å². The minimum Gasteiger partial charge on any atom is -0.540 e. The zero-order valence-corrected chi connectivity index (χ0v) is 12.7. The molecule has 0 saturated heterocycles. The molecule has 0 unspecified atom stereocenters. The molecule has 2 heteroatoms. The normalized spacial score (nSPS) is 10.4. The average molecular weight is 276 g/mol. The van der Waals surface area contributed by atoms with Gasteiger partial charge < -0.3 is 4.43 Å².